The highest BCUT2D eigenvalue weighted by Crippen LogP contribution is 2.27. The molecule has 2 rings (SSSR count). The molecule has 0 atom stereocenters. The summed E-state index contributed by atoms with van der Waals surface area (Å²) in [6.45, 7) is 4.21. The van der Waals surface area contributed by atoms with Gasteiger partial charge in [-0.25, -0.2) is 0 Å². The lowest BCUT2D eigenvalue weighted by Gasteiger charge is -2.29. The first kappa shape index (κ1) is 10.3. The number of hydrogen-bond donors (Lipinski definition) is 1. The molecule has 1 aliphatic heterocycles. The Morgan fingerprint density at radius 3 is 2.64 bits per heavy atom. The average molecular weight is 276 g/mol. The number of benzene rings is 1. The molecule has 1 aromatic carbocycles. The molecule has 1 fully saturated rings. The second-order valence-corrected chi connectivity index (χ2v) is 4.60. The minimum atomic E-state index is 0.779. The molecule has 1 heterocycles. The van der Waals surface area contributed by atoms with Gasteiger partial charge in [-0.15, -0.1) is 0 Å². The maximum atomic E-state index is 6.04. The predicted molar refractivity (Wildman–Crippen MR) is 64.2 cm³/mol. The van der Waals surface area contributed by atoms with E-state index >= 15 is 0 Å². The summed E-state index contributed by atoms with van der Waals surface area (Å²) < 4.78 is 0.957. The summed E-state index contributed by atoms with van der Waals surface area (Å²) in [5.41, 5.74) is 1.21. The number of nitrogens with one attached hydrogen (secondary N) is 1. The van der Waals surface area contributed by atoms with Crippen molar-refractivity contribution in [1.82, 2.24) is 5.32 Å². The molecule has 0 saturated carbocycles. The number of rotatable bonds is 1. The maximum absolute atomic E-state index is 6.04. The summed E-state index contributed by atoms with van der Waals surface area (Å²) >= 11 is 9.43. The van der Waals surface area contributed by atoms with Crippen LogP contribution in [0.2, 0.25) is 5.02 Å². The van der Waals surface area contributed by atoms with Gasteiger partial charge in [0.25, 0.3) is 0 Å². The summed E-state index contributed by atoms with van der Waals surface area (Å²) in [5.74, 6) is 0. The highest BCUT2D eigenvalue weighted by atomic mass is 79.9. The smallest absolute Gasteiger partial charge is 0.0568 e. The predicted octanol–water partition coefficient (Wildman–Crippen LogP) is 2.51. The van der Waals surface area contributed by atoms with Gasteiger partial charge in [-0.1, -0.05) is 11.6 Å². The molecule has 1 aliphatic rings. The van der Waals surface area contributed by atoms with Crippen LogP contribution in [0.25, 0.3) is 0 Å². The molecule has 0 bridgehead atoms. The highest BCUT2D eigenvalue weighted by molar-refractivity contribution is 9.10. The Labute approximate surface area is 97.4 Å². The van der Waals surface area contributed by atoms with E-state index in [4.69, 9.17) is 11.6 Å². The van der Waals surface area contributed by atoms with Gasteiger partial charge >= 0.3 is 0 Å². The molecule has 4 heteroatoms. The average Bonchev–Trinajstić information content (AvgIpc) is 2.23. The van der Waals surface area contributed by atoms with Gasteiger partial charge in [-0.05, 0) is 34.1 Å². The zero-order chi connectivity index (χ0) is 9.97. The van der Waals surface area contributed by atoms with Gasteiger partial charge in [0.05, 0.1) is 5.02 Å². The van der Waals surface area contributed by atoms with Crippen LogP contribution in [0.3, 0.4) is 0 Å². The molecule has 2 nitrogen and oxygen atoms in total. The van der Waals surface area contributed by atoms with Gasteiger partial charge < -0.3 is 10.2 Å². The lowest BCUT2D eigenvalue weighted by Crippen LogP contribution is -2.43. The fourth-order valence-electron chi connectivity index (χ4n) is 1.60. The van der Waals surface area contributed by atoms with Crippen LogP contribution < -0.4 is 10.2 Å². The second-order valence-electron chi connectivity index (χ2n) is 3.34. The van der Waals surface area contributed by atoms with E-state index in [1.54, 1.807) is 0 Å². The van der Waals surface area contributed by atoms with Crippen molar-refractivity contribution in [3.8, 4) is 0 Å². The molecule has 0 unspecified atom stereocenters. The van der Waals surface area contributed by atoms with E-state index in [0.717, 1.165) is 35.7 Å². The molecule has 14 heavy (non-hydrogen) atoms. The van der Waals surface area contributed by atoms with Gasteiger partial charge in [-0.3, -0.25) is 0 Å². The molecular formula is C10H12BrClN2. The summed E-state index contributed by atoms with van der Waals surface area (Å²) in [4.78, 5) is 2.34. The summed E-state index contributed by atoms with van der Waals surface area (Å²) in [6.07, 6.45) is 0. The van der Waals surface area contributed by atoms with Crippen molar-refractivity contribution in [2.75, 3.05) is 31.1 Å². The number of nitrogens with zero attached hydrogens (tertiary/aromatic N) is 1. The Balaban J connectivity index is 2.18. The summed E-state index contributed by atoms with van der Waals surface area (Å²) in [6, 6.07) is 6.11. The third-order valence-electron chi connectivity index (χ3n) is 2.39. The number of piperazine rings is 1. The summed E-state index contributed by atoms with van der Waals surface area (Å²) in [5, 5.41) is 4.11. The normalized spacial score (nSPS) is 17.1. The van der Waals surface area contributed by atoms with Crippen LogP contribution in [0.1, 0.15) is 0 Å². The van der Waals surface area contributed by atoms with Gasteiger partial charge in [0.2, 0.25) is 0 Å². The minimum Gasteiger partial charge on any atom is -0.369 e. The quantitative estimate of drug-likeness (QED) is 0.847. The van der Waals surface area contributed by atoms with Crippen LogP contribution in [0.4, 0.5) is 5.69 Å². The number of halogens is 2. The van der Waals surface area contributed by atoms with E-state index in [1.807, 2.05) is 12.1 Å². The third kappa shape index (κ3) is 2.22. The second kappa shape index (κ2) is 4.51. The molecule has 1 aromatic rings. The van der Waals surface area contributed by atoms with Crippen molar-refractivity contribution in [2.24, 2.45) is 0 Å². The SMILES string of the molecule is Clc1cc(N2CCNCC2)ccc1Br. The zero-order valence-corrected chi connectivity index (χ0v) is 10.1. The highest BCUT2D eigenvalue weighted by Gasteiger charge is 2.10. The Bertz CT molecular complexity index is 324. The molecule has 1 N–H and O–H groups in total. The van der Waals surface area contributed by atoms with Gasteiger partial charge in [0.1, 0.15) is 0 Å². The number of hydrogen-bond acceptors (Lipinski definition) is 2. The van der Waals surface area contributed by atoms with Gasteiger partial charge in [0, 0.05) is 36.3 Å². The van der Waals surface area contributed by atoms with E-state index in [9.17, 15) is 0 Å². The van der Waals surface area contributed by atoms with Crippen molar-refractivity contribution in [2.45, 2.75) is 0 Å². The van der Waals surface area contributed by atoms with Crippen molar-refractivity contribution in [3.63, 3.8) is 0 Å². The van der Waals surface area contributed by atoms with E-state index in [0.29, 0.717) is 0 Å². The molecule has 0 amide bonds. The first-order valence-electron chi connectivity index (χ1n) is 4.68. The topological polar surface area (TPSA) is 15.3 Å². The van der Waals surface area contributed by atoms with Crippen LogP contribution in [-0.2, 0) is 0 Å². The van der Waals surface area contributed by atoms with Gasteiger partial charge in [0.15, 0.2) is 0 Å². The Morgan fingerprint density at radius 1 is 1.29 bits per heavy atom. The molecular weight excluding hydrogens is 263 g/mol. The van der Waals surface area contributed by atoms with E-state index < -0.39 is 0 Å². The molecule has 0 radical (unpaired) electrons. The fourth-order valence-corrected chi connectivity index (χ4v) is 2.03. The minimum absolute atomic E-state index is 0.779. The van der Waals surface area contributed by atoms with Crippen molar-refractivity contribution < 1.29 is 0 Å². The Morgan fingerprint density at radius 2 is 2.00 bits per heavy atom. The van der Waals surface area contributed by atoms with Crippen molar-refractivity contribution in [3.05, 3.63) is 27.7 Å². The van der Waals surface area contributed by atoms with Crippen molar-refractivity contribution >= 4 is 33.2 Å². The van der Waals surface area contributed by atoms with Crippen LogP contribution >= 0.6 is 27.5 Å². The largest absolute Gasteiger partial charge is 0.369 e. The van der Waals surface area contributed by atoms with Crippen LogP contribution in [0.15, 0.2) is 22.7 Å². The molecule has 0 spiro atoms. The van der Waals surface area contributed by atoms with E-state index in [2.05, 4.69) is 32.2 Å². The number of anilines is 1. The standard InChI is InChI=1S/C10H12BrClN2/c11-9-2-1-8(7-10(9)12)14-5-3-13-4-6-14/h1-2,7,13H,3-6H2. The van der Waals surface area contributed by atoms with Crippen LogP contribution in [0.5, 0.6) is 0 Å². The first-order chi connectivity index (χ1) is 6.77. The third-order valence-corrected chi connectivity index (χ3v) is 3.62. The molecule has 0 aliphatic carbocycles. The Hall–Kier alpha value is -0.250. The molecule has 1 saturated heterocycles. The first-order valence-corrected chi connectivity index (χ1v) is 5.85. The summed E-state index contributed by atoms with van der Waals surface area (Å²) in [7, 11) is 0. The Kier molecular flexibility index (Phi) is 3.31. The van der Waals surface area contributed by atoms with E-state index in [-0.39, 0.29) is 0 Å². The van der Waals surface area contributed by atoms with E-state index in [1.165, 1.54) is 5.69 Å². The molecule has 0 aromatic heterocycles. The van der Waals surface area contributed by atoms with Crippen LogP contribution in [-0.4, -0.2) is 26.2 Å². The molecule has 76 valence electrons. The maximum Gasteiger partial charge on any atom is 0.0568 e. The lowest BCUT2D eigenvalue weighted by molar-refractivity contribution is 0.589. The zero-order valence-electron chi connectivity index (χ0n) is 7.76. The fraction of sp³-hybridized carbons (Fsp3) is 0.400. The lowest BCUT2D eigenvalue weighted by atomic mass is 10.2. The monoisotopic (exact) mass is 274 g/mol. The van der Waals surface area contributed by atoms with Gasteiger partial charge in [-0.2, -0.15) is 0 Å². The van der Waals surface area contributed by atoms with Crippen LogP contribution in [0, 0.1) is 0 Å². The van der Waals surface area contributed by atoms with Crippen molar-refractivity contribution in [1.29, 1.82) is 0 Å².